The summed E-state index contributed by atoms with van der Waals surface area (Å²) in [6.45, 7) is 4.41. The number of benzene rings is 2. The predicted molar refractivity (Wildman–Crippen MR) is 93.9 cm³/mol. The van der Waals surface area contributed by atoms with Crippen molar-refractivity contribution >= 4 is 17.5 Å². The molecule has 0 radical (unpaired) electrons. The Hall–Kier alpha value is -2.00. The van der Waals surface area contributed by atoms with Crippen LogP contribution in [0.5, 0.6) is 5.75 Å². The summed E-state index contributed by atoms with van der Waals surface area (Å²) in [4.78, 5) is 12.0. The highest BCUT2D eigenvalue weighted by Gasteiger charge is 2.10. The molecule has 3 nitrogen and oxygen atoms in total. The van der Waals surface area contributed by atoms with Crippen LogP contribution in [0.25, 0.3) is 0 Å². The van der Waals surface area contributed by atoms with Crippen molar-refractivity contribution in [3.63, 3.8) is 0 Å². The molecule has 0 aromatic heterocycles. The lowest BCUT2D eigenvalue weighted by molar-refractivity contribution is -0.122. The van der Waals surface area contributed by atoms with Crippen LogP contribution >= 0.6 is 11.6 Å². The lowest BCUT2D eigenvalue weighted by atomic mass is 10.0. The fourth-order valence-corrected chi connectivity index (χ4v) is 2.44. The van der Waals surface area contributed by atoms with Crippen molar-refractivity contribution in [3.05, 3.63) is 64.7 Å². The average molecular weight is 332 g/mol. The van der Waals surface area contributed by atoms with Gasteiger partial charge >= 0.3 is 0 Å². The number of hydrogen-bond donors (Lipinski definition) is 1. The number of ether oxygens (including phenoxy) is 1. The summed E-state index contributed by atoms with van der Waals surface area (Å²) in [5.74, 6) is 0.564. The Morgan fingerprint density at radius 1 is 1.17 bits per heavy atom. The summed E-state index contributed by atoms with van der Waals surface area (Å²) in [6, 6.07) is 15.5. The molecule has 0 heterocycles. The molecule has 0 aliphatic heterocycles. The topological polar surface area (TPSA) is 38.3 Å². The van der Waals surface area contributed by atoms with Crippen LogP contribution in [0.1, 0.15) is 37.4 Å². The number of rotatable bonds is 7. The van der Waals surface area contributed by atoms with Crippen molar-refractivity contribution in [1.82, 2.24) is 5.32 Å². The molecular weight excluding hydrogens is 310 g/mol. The lowest BCUT2D eigenvalue weighted by Crippen LogP contribution is -2.27. The summed E-state index contributed by atoms with van der Waals surface area (Å²) < 4.78 is 5.53. The fraction of sp³-hybridized carbons (Fsp3) is 0.316. The Labute approximate surface area is 142 Å². The average Bonchev–Trinajstić information content (AvgIpc) is 2.56. The molecule has 1 N–H and O–H groups in total. The molecule has 0 aliphatic rings. The van der Waals surface area contributed by atoms with E-state index in [2.05, 4.69) is 36.5 Å². The van der Waals surface area contributed by atoms with E-state index < -0.39 is 0 Å². The molecule has 122 valence electrons. The second-order valence-electron chi connectivity index (χ2n) is 5.41. The molecule has 1 amide bonds. The third-order valence-corrected chi connectivity index (χ3v) is 4.00. The molecule has 0 saturated heterocycles. The Bertz CT molecular complexity index is 640. The first-order valence-electron chi connectivity index (χ1n) is 7.85. The van der Waals surface area contributed by atoms with Gasteiger partial charge in [0.15, 0.2) is 0 Å². The van der Waals surface area contributed by atoms with E-state index in [1.165, 1.54) is 5.56 Å². The maximum absolute atomic E-state index is 12.0. The molecule has 2 aromatic carbocycles. The van der Waals surface area contributed by atoms with Crippen LogP contribution in [0.3, 0.4) is 0 Å². The van der Waals surface area contributed by atoms with Gasteiger partial charge in [0, 0.05) is 0 Å². The van der Waals surface area contributed by atoms with Crippen LogP contribution in [0.2, 0.25) is 5.02 Å². The monoisotopic (exact) mass is 331 g/mol. The molecule has 2 rings (SSSR count). The van der Waals surface area contributed by atoms with Crippen molar-refractivity contribution in [2.45, 2.75) is 32.7 Å². The molecule has 2 aromatic rings. The second-order valence-corrected chi connectivity index (χ2v) is 5.82. The van der Waals surface area contributed by atoms with E-state index in [4.69, 9.17) is 16.3 Å². The van der Waals surface area contributed by atoms with Gasteiger partial charge in [-0.05, 0) is 36.6 Å². The lowest BCUT2D eigenvalue weighted by Gasteiger charge is -2.15. The Kier molecular flexibility index (Phi) is 6.48. The highest BCUT2D eigenvalue weighted by molar-refractivity contribution is 6.32. The van der Waals surface area contributed by atoms with Crippen LogP contribution in [0, 0.1) is 0 Å². The molecule has 0 aliphatic carbocycles. The van der Waals surface area contributed by atoms with Crippen LogP contribution in [-0.2, 0) is 11.2 Å². The zero-order valence-electron chi connectivity index (χ0n) is 13.5. The zero-order valence-corrected chi connectivity index (χ0v) is 14.3. The van der Waals surface area contributed by atoms with Gasteiger partial charge in [-0.1, -0.05) is 54.9 Å². The number of aryl methyl sites for hydroxylation is 1. The van der Waals surface area contributed by atoms with Gasteiger partial charge in [-0.3, -0.25) is 4.79 Å². The highest BCUT2D eigenvalue weighted by Crippen LogP contribution is 2.23. The molecular formula is C19H22ClNO2. The normalized spacial score (nSPS) is 11.8. The van der Waals surface area contributed by atoms with Gasteiger partial charge < -0.3 is 10.1 Å². The summed E-state index contributed by atoms with van der Waals surface area (Å²) in [6.07, 6.45) is 1.31. The molecule has 1 unspecified atom stereocenters. The quantitative estimate of drug-likeness (QED) is 0.808. The van der Waals surface area contributed by atoms with Crippen LogP contribution < -0.4 is 10.1 Å². The maximum atomic E-state index is 12.0. The largest absolute Gasteiger partial charge is 0.491 e. The standard InChI is InChI=1S/C19H22ClNO2/c1-3-15-8-10-16(11-9-15)14(2)21-19(22)12-13-23-18-7-5-4-6-17(18)20/h4-11,14H,3,12-13H2,1-2H3,(H,21,22). The molecule has 0 spiro atoms. The molecule has 4 heteroatoms. The fourth-order valence-electron chi connectivity index (χ4n) is 2.25. The number of hydrogen-bond acceptors (Lipinski definition) is 2. The minimum Gasteiger partial charge on any atom is -0.491 e. The number of nitrogens with one attached hydrogen (secondary N) is 1. The molecule has 1 atom stereocenters. The first-order valence-corrected chi connectivity index (χ1v) is 8.23. The van der Waals surface area contributed by atoms with Crippen LogP contribution in [0.15, 0.2) is 48.5 Å². The van der Waals surface area contributed by atoms with Gasteiger partial charge in [-0.25, -0.2) is 0 Å². The molecule has 0 fully saturated rings. The van der Waals surface area contributed by atoms with Crippen molar-refractivity contribution in [2.24, 2.45) is 0 Å². The van der Waals surface area contributed by atoms with E-state index in [-0.39, 0.29) is 11.9 Å². The zero-order chi connectivity index (χ0) is 16.7. The van der Waals surface area contributed by atoms with E-state index in [9.17, 15) is 4.79 Å². The summed E-state index contributed by atoms with van der Waals surface area (Å²) in [5.41, 5.74) is 2.39. The third kappa shape index (κ3) is 5.29. The molecule has 0 bridgehead atoms. The summed E-state index contributed by atoms with van der Waals surface area (Å²) >= 11 is 6.00. The van der Waals surface area contributed by atoms with Gasteiger partial charge in [0.25, 0.3) is 0 Å². The van der Waals surface area contributed by atoms with E-state index in [1.54, 1.807) is 12.1 Å². The highest BCUT2D eigenvalue weighted by atomic mass is 35.5. The number of carbonyl (C=O) groups is 1. The van der Waals surface area contributed by atoms with Crippen LogP contribution in [-0.4, -0.2) is 12.5 Å². The number of para-hydroxylation sites is 1. The third-order valence-electron chi connectivity index (χ3n) is 3.69. The van der Waals surface area contributed by atoms with Crippen molar-refractivity contribution in [3.8, 4) is 5.75 Å². The van der Waals surface area contributed by atoms with Gasteiger partial charge in [0.05, 0.1) is 24.1 Å². The Balaban J connectivity index is 1.78. The van der Waals surface area contributed by atoms with Gasteiger partial charge in [0.2, 0.25) is 5.91 Å². The van der Waals surface area contributed by atoms with Crippen molar-refractivity contribution in [2.75, 3.05) is 6.61 Å². The molecule has 23 heavy (non-hydrogen) atoms. The first kappa shape index (κ1) is 17.4. The predicted octanol–water partition coefficient (Wildman–Crippen LogP) is 4.55. The minimum absolute atomic E-state index is 0.0197. The maximum Gasteiger partial charge on any atom is 0.223 e. The Morgan fingerprint density at radius 3 is 2.52 bits per heavy atom. The first-order chi connectivity index (χ1) is 11.1. The van der Waals surface area contributed by atoms with E-state index in [1.807, 2.05) is 19.1 Å². The van der Waals surface area contributed by atoms with Crippen molar-refractivity contribution in [1.29, 1.82) is 0 Å². The van der Waals surface area contributed by atoms with E-state index >= 15 is 0 Å². The van der Waals surface area contributed by atoms with Gasteiger partial charge in [0.1, 0.15) is 5.75 Å². The minimum atomic E-state index is -0.0379. The second kappa shape index (κ2) is 8.59. The van der Waals surface area contributed by atoms with E-state index in [0.717, 1.165) is 12.0 Å². The SMILES string of the molecule is CCc1ccc(C(C)NC(=O)CCOc2ccccc2Cl)cc1. The number of halogens is 1. The Morgan fingerprint density at radius 2 is 1.87 bits per heavy atom. The van der Waals surface area contributed by atoms with E-state index in [0.29, 0.717) is 23.8 Å². The van der Waals surface area contributed by atoms with Crippen molar-refractivity contribution < 1.29 is 9.53 Å². The van der Waals surface area contributed by atoms with Gasteiger partial charge in [-0.2, -0.15) is 0 Å². The summed E-state index contributed by atoms with van der Waals surface area (Å²) in [7, 11) is 0. The smallest absolute Gasteiger partial charge is 0.223 e. The summed E-state index contributed by atoms with van der Waals surface area (Å²) in [5, 5.41) is 3.54. The number of amides is 1. The molecule has 0 saturated carbocycles. The van der Waals surface area contributed by atoms with Crippen LogP contribution in [0.4, 0.5) is 0 Å². The van der Waals surface area contributed by atoms with Gasteiger partial charge in [-0.15, -0.1) is 0 Å². The number of carbonyl (C=O) groups excluding carboxylic acids is 1.